The van der Waals surface area contributed by atoms with Crippen LogP contribution in [0.1, 0.15) is 17.0 Å². The Bertz CT molecular complexity index is 818. The van der Waals surface area contributed by atoms with E-state index in [1.54, 1.807) is 0 Å². The van der Waals surface area contributed by atoms with Gasteiger partial charge in [0.05, 0.1) is 17.8 Å². The van der Waals surface area contributed by atoms with E-state index in [1.807, 2.05) is 35.2 Å². The molecule has 2 aromatic carbocycles. The number of hydrogen-bond acceptors (Lipinski definition) is 3. The van der Waals surface area contributed by atoms with Gasteiger partial charge in [-0.05, 0) is 23.8 Å². The van der Waals surface area contributed by atoms with Crippen molar-refractivity contribution in [3.8, 4) is 0 Å². The van der Waals surface area contributed by atoms with Crippen molar-refractivity contribution < 1.29 is 18.0 Å². The van der Waals surface area contributed by atoms with E-state index in [1.165, 1.54) is 6.07 Å². The number of carbonyl (C=O) groups excluding carboxylic acids is 1. The Morgan fingerprint density at radius 1 is 1.18 bits per heavy atom. The lowest BCUT2D eigenvalue weighted by Crippen LogP contribution is -2.34. The number of nitrogens with zero attached hydrogens (tertiary/aromatic N) is 1. The Kier molecular flexibility index (Phi) is 7.33. The third-order valence-electron chi connectivity index (χ3n) is 4.60. The van der Waals surface area contributed by atoms with Crippen LogP contribution in [0.5, 0.6) is 0 Å². The van der Waals surface area contributed by atoms with Gasteiger partial charge in [0.25, 0.3) is 0 Å². The summed E-state index contributed by atoms with van der Waals surface area (Å²) < 4.78 is 39.4. The Balaban J connectivity index is 0.00000280. The van der Waals surface area contributed by atoms with Crippen molar-refractivity contribution in [1.29, 1.82) is 0 Å². The van der Waals surface area contributed by atoms with Crippen molar-refractivity contribution in [2.24, 2.45) is 5.73 Å². The fraction of sp³-hybridized carbons (Fsp3) is 0.316. The maximum Gasteiger partial charge on any atom is 0.418 e. The topological polar surface area (TPSA) is 58.4 Å². The predicted octanol–water partition coefficient (Wildman–Crippen LogP) is 4.15. The quantitative estimate of drug-likeness (QED) is 0.761. The number of hydrogen-bond donors (Lipinski definition) is 2. The van der Waals surface area contributed by atoms with Crippen LogP contribution in [0.2, 0.25) is 5.02 Å². The van der Waals surface area contributed by atoms with Crippen LogP contribution in [0.25, 0.3) is 0 Å². The van der Waals surface area contributed by atoms with E-state index in [0.29, 0.717) is 13.1 Å². The summed E-state index contributed by atoms with van der Waals surface area (Å²) in [6, 6.07) is 12.9. The molecule has 152 valence electrons. The molecule has 28 heavy (non-hydrogen) atoms. The summed E-state index contributed by atoms with van der Waals surface area (Å²) in [5.41, 5.74) is 6.00. The Labute approximate surface area is 172 Å². The predicted molar refractivity (Wildman–Crippen MR) is 106 cm³/mol. The van der Waals surface area contributed by atoms with Crippen LogP contribution in [0.15, 0.2) is 48.5 Å². The van der Waals surface area contributed by atoms with Gasteiger partial charge in [-0.25, -0.2) is 0 Å². The molecule has 4 nitrogen and oxygen atoms in total. The zero-order chi connectivity index (χ0) is 19.6. The number of nitrogens with two attached hydrogens (primary N) is 1. The van der Waals surface area contributed by atoms with Crippen LogP contribution in [0, 0.1) is 0 Å². The average Bonchev–Trinajstić information content (AvgIpc) is 2.96. The number of nitrogens with one attached hydrogen (secondary N) is 1. The number of amides is 1. The lowest BCUT2D eigenvalue weighted by Gasteiger charge is -2.18. The third-order valence-corrected chi connectivity index (χ3v) is 4.83. The lowest BCUT2D eigenvalue weighted by atomic mass is 9.95. The highest BCUT2D eigenvalue weighted by molar-refractivity contribution is 6.30. The molecule has 0 saturated carbocycles. The van der Waals surface area contributed by atoms with Crippen molar-refractivity contribution in [3.63, 3.8) is 0 Å². The zero-order valence-electron chi connectivity index (χ0n) is 14.7. The number of rotatable bonds is 4. The lowest BCUT2D eigenvalue weighted by molar-refractivity contribution is -0.137. The summed E-state index contributed by atoms with van der Waals surface area (Å²) in [6.45, 7) is 1.04. The van der Waals surface area contributed by atoms with Gasteiger partial charge in [-0.2, -0.15) is 13.2 Å². The monoisotopic (exact) mass is 433 g/mol. The van der Waals surface area contributed by atoms with Gasteiger partial charge >= 0.3 is 6.18 Å². The summed E-state index contributed by atoms with van der Waals surface area (Å²) >= 11 is 5.65. The Morgan fingerprint density at radius 2 is 1.86 bits per heavy atom. The summed E-state index contributed by atoms with van der Waals surface area (Å²) in [6.07, 6.45) is -4.61. The maximum absolute atomic E-state index is 13.1. The first kappa shape index (κ1) is 22.5. The summed E-state index contributed by atoms with van der Waals surface area (Å²) in [7, 11) is 0. The largest absolute Gasteiger partial charge is 0.418 e. The Hall–Kier alpha value is -1.80. The van der Waals surface area contributed by atoms with Gasteiger partial charge in [-0.1, -0.05) is 41.9 Å². The van der Waals surface area contributed by atoms with Crippen molar-refractivity contribution in [2.75, 3.05) is 25.0 Å². The molecule has 1 aliphatic heterocycles. The van der Waals surface area contributed by atoms with Crippen molar-refractivity contribution in [2.45, 2.75) is 18.1 Å². The van der Waals surface area contributed by atoms with Crippen molar-refractivity contribution in [3.05, 3.63) is 64.7 Å². The minimum absolute atomic E-state index is 0. The second-order valence-corrected chi connectivity index (χ2v) is 7.05. The van der Waals surface area contributed by atoms with Crippen molar-refractivity contribution in [1.82, 2.24) is 4.90 Å². The number of alkyl halides is 3. The second kappa shape index (κ2) is 9.13. The number of likely N-dealkylation sites (tertiary alicyclic amines) is 1. The fourth-order valence-electron chi connectivity index (χ4n) is 3.35. The Morgan fingerprint density at radius 3 is 2.50 bits per heavy atom. The van der Waals surface area contributed by atoms with Gasteiger partial charge in [-0.3, -0.25) is 9.69 Å². The molecule has 0 bridgehead atoms. The second-order valence-electron chi connectivity index (χ2n) is 6.61. The van der Waals surface area contributed by atoms with Crippen LogP contribution in [0.4, 0.5) is 18.9 Å². The summed E-state index contributed by atoms with van der Waals surface area (Å²) in [4.78, 5) is 14.1. The van der Waals surface area contributed by atoms with E-state index >= 15 is 0 Å². The van der Waals surface area contributed by atoms with Gasteiger partial charge in [0.2, 0.25) is 5.91 Å². The molecule has 9 heteroatoms. The zero-order valence-corrected chi connectivity index (χ0v) is 16.3. The molecule has 3 N–H and O–H groups in total. The van der Waals surface area contributed by atoms with Crippen LogP contribution in [0.3, 0.4) is 0 Å². The first-order chi connectivity index (χ1) is 12.7. The van der Waals surface area contributed by atoms with E-state index < -0.39 is 17.6 Å². The molecule has 0 aliphatic carbocycles. The van der Waals surface area contributed by atoms with Crippen LogP contribution >= 0.6 is 24.0 Å². The molecule has 0 aromatic heterocycles. The fourth-order valence-corrected chi connectivity index (χ4v) is 3.52. The number of carbonyl (C=O) groups is 1. The van der Waals surface area contributed by atoms with Crippen molar-refractivity contribution >= 4 is 35.6 Å². The highest BCUT2D eigenvalue weighted by Crippen LogP contribution is 2.36. The number of anilines is 1. The molecule has 3 rings (SSSR count). The van der Waals surface area contributed by atoms with Gasteiger partial charge in [0.15, 0.2) is 0 Å². The summed E-state index contributed by atoms with van der Waals surface area (Å²) in [5.74, 6) is -0.441. The van der Waals surface area contributed by atoms with Gasteiger partial charge in [-0.15, -0.1) is 12.4 Å². The SMILES string of the molecule is Cl.N[C@@H]1CN(CC(=O)Nc2ccc(Cl)cc2C(F)(F)F)C[C@H]1c1ccccc1. The molecular weight excluding hydrogens is 414 g/mol. The van der Waals surface area contributed by atoms with Gasteiger partial charge in [0, 0.05) is 30.1 Å². The van der Waals surface area contributed by atoms with Crippen LogP contribution < -0.4 is 11.1 Å². The van der Waals surface area contributed by atoms with E-state index in [2.05, 4.69) is 5.32 Å². The van der Waals surface area contributed by atoms with E-state index in [4.69, 9.17) is 17.3 Å². The highest BCUT2D eigenvalue weighted by atomic mass is 35.5. The van der Waals surface area contributed by atoms with E-state index in [9.17, 15) is 18.0 Å². The minimum Gasteiger partial charge on any atom is -0.326 e. The normalized spacial score (nSPS) is 19.9. The maximum atomic E-state index is 13.1. The van der Waals surface area contributed by atoms with Crippen LogP contribution in [-0.2, 0) is 11.0 Å². The molecule has 1 aliphatic rings. The minimum atomic E-state index is -4.61. The molecular formula is C19H20Cl2F3N3O. The molecule has 0 spiro atoms. The number of benzene rings is 2. The smallest absolute Gasteiger partial charge is 0.326 e. The molecule has 0 radical (unpaired) electrons. The van der Waals surface area contributed by atoms with Gasteiger partial charge < -0.3 is 11.1 Å². The molecule has 1 fully saturated rings. The molecule has 2 atom stereocenters. The standard InChI is InChI=1S/C19H19ClF3N3O.ClH/c20-13-6-7-17(15(8-13)19(21,22)23)25-18(27)11-26-9-14(16(24)10-26)12-4-2-1-3-5-12;/h1-8,14,16H,9-11,24H2,(H,25,27);1H/t14-,16+;/m0./s1. The molecule has 0 unspecified atom stereocenters. The average molecular weight is 434 g/mol. The first-order valence-electron chi connectivity index (χ1n) is 8.43. The first-order valence-corrected chi connectivity index (χ1v) is 8.81. The van der Waals surface area contributed by atoms with E-state index in [0.717, 1.165) is 17.7 Å². The van der Waals surface area contributed by atoms with E-state index in [-0.39, 0.29) is 41.6 Å². The number of halogens is 5. The highest BCUT2D eigenvalue weighted by Gasteiger charge is 2.35. The van der Waals surface area contributed by atoms with Crippen LogP contribution in [-0.4, -0.2) is 36.5 Å². The molecule has 1 amide bonds. The molecule has 1 heterocycles. The molecule has 1 saturated heterocycles. The summed E-state index contributed by atoms with van der Waals surface area (Å²) in [5, 5.41) is 2.30. The molecule has 2 aromatic rings. The van der Waals surface area contributed by atoms with Gasteiger partial charge in [0.1, 0.15) is 0 Å². The third kappa shape index (κ3) is 5.38.